The molecule has 0 rings (SSSR count). The lowest BCUT2D eigenvalue weighted by molar-refractivity contribution is -0.124. The summed E-state index contributed by atoms with van der Waals surface area (Å²) in [6.45, 7) is 8.10. The van der Waals surface area contributed by atoms with Crippen LogP contribution in [0.2, 0.25) is 0 Å². The zero-order valence-electron chi connectivity index (χ0n) is 9.89. The van der Waals surface area contributed by atoms with Crippen LogP contribution in [0.5, 0.6) is 0 Å². The zero-order valence-corrected chi connectivity index (χ0v) is 9.89. The lowest BCUT2D eigenvalue weighted by Crippen LogP contribution is -2.55. The van der Waals surface area contributed by atoms with Crippen molar-refractivity contribution in [2.45, 2.75) is 65.0 Å². The van der Waals surface area contributed by atoms with Crippen LogP contribution in [0, 0.1) is 0 Å². The van der Waals surface area contributed by atoms with Crippen molar-refractivity contribution in [2.75, 3.05) is 0 Å². The van der Waals surface area contributed by atoms with E-state index in [1.807, 2.05) is 20.8 Å². The minimum absolute atomic E-state index is 0.248. The molecule has 0 saturated carbocycles. The van der Waals surface area contributed by atoms with E-state index in [1.54, 1.807) is 0 Å². The minimum atomic E-state index is -0.538. The molecule has 3 nitrogen and oxygen atoms in total. The molecule has 14 heavy (non-hydrogen) atoms. The highest BCUT2D eigenvalue weighted by atomic mass is 16.1. The molecule has 1 amide bonds. The molecule has 0 aromatic rings. The van der Waals surface area contributed by atoms with Crippen molar-refractivity contribution in [2.24, 2.45) is 5.73 Å². The molecule has 1 unspecified atom stereocenters. The molecule has 0 bridgehead atoms. The van der Waals surface area contributed by atoms with Gasteiger partial charge >= 0.3 is 0 Å². The largest absolute Gasteiger partial charge is 0.368 e. The van der Waals surface area contributed by atoms with Gasteiger partial charge in [-0.15, -0.1) is 0 Å². The Balaban J connectivity index is 4.17. The fourth-order valence-electron chi connectivity index (χ4n) is 1.63. The summed E-state index contributed by atoms with van der Waals surface area (Å²) >= 11 is 0. The van der Waals surface area contributed by atoms with E-state index in [0.29, 0.717) is 0 Å². The van der Waals surface area contributed by atoms with Gasteiger partial charge in [-0.1, -0.05) is 26.2 Å². The molecule has 0 spiro atoms. The van der Waals surface area contributed by atoms with Crippen molar-refractivity contribution in [3.63, 3.8) is 0 Å². The number of hydrogen-bond donors (Lipinski definition) is 2. The lowest BCUT2D eigenvalue weighted by atomic mass is 9.93. The summed E-state index contributed by atoms with van der Waals surface area (Å²) < 4.78 is 0. The zero-order chi connectivity index (χ0) is 11.2. The topological polar surface area (TPSA) is 55.1 Å². The predicted octanol–water partition coefficient (Wildman–Crippen LogP) is 1.81. The standard InChI is InChI=1S/C11H24N2O/c1-5-6-7-8-11(4,10(12)14)13-9(2)3/h9,13H,5-8H2,1-4H3,(H2,12,14). The SMILES string of the molecule is CCCCCC(C)(NC(C)C)C(N)=O. The number of hydrogen-bond acceptors (Lipinski definition) is 2. The highest BCUT2D eigenvalue weighted by Crippen LogP contribution is 2.15. The van der Waals surface area contributed by atoms with Gasteiger partial charge in [0.05, 0.1) is 5.54 Å². The van der Waals surface area contributed by atoms with Gasteiger partial charge in [-0.25, -0.2) is 0 Å². The van der Waals surface area contributed by atoms with Crippen molar-refractivity contribution in [1.29, 1.82) is 0 Å². The van der Waals surface area contributed by atoms with Crippen LogP contribution in [0.25, 0.3) is 0 Å². The third kappa shape index (κ3) is 4.61. The summed E-state index contributed by atoms with van der Waals surface area (Å²) in [5.74, 6) is -0.248. The Kier molecular flexibility index (Phi) is 5.77. The number of rotatable bonds is 7. The average molecular weight is 200 g/mol. The molecule has 3 N–H and O–H groups in total. The van der Waals surface area contributed by atoms with Crippen LogP contribution in [0.15, 0.2) is 0 Å². The molecule has 1 atom stereocenters. The first-order valence-electron chi connectivity index (χ1n) is 5.50. The van der Waals surface area contributed by atoms with E-state index in [1.165, 1.54) is 0 Å². The van der Waals surface area contributed by atoms with Crippen LogP contribution in [0.1, 0.15) is 53.4 Å². The van der Waals surface area contributed by atoms with Gasteiger partial charge in [0.1, 0.15) is 0 Å². The highest BCUT2D eigenvalue weighted by molar-refractivity contribution is 5.84. The molecule has 0 aliphatic heterocycles. The molecule has 84 valence electrons. The number of nitrogens with one attached hydrogen (secondary N) is 1. The first kappa shape index (κ1) is 13.4. The third-order valence-electron chi connectivity index (χ3n) is 2.43. The molecule has 3 heteroatoms. The van der Waals surface area contributed by atoms with Gasteiger partial charge in [0.2, 0.25) is 5.91 Å². The molecule has 0 aliphatic rings. The maximum absolute atomic E-state index is 11.3. The Hall–Kier alpha value is -0.570. The smallest absolute Gasteiger partial charge is 0.237 e. The number of carbonyl (C=O) groups excluding carboxylic acids is 1. The number of amides is 1. The first-order valence-corrected chi connectivity index (χ1v) is 5.50. The minimum Gasteiger partial charge on any atom is -0.368 e. The van der Waals surface area contributed by atoms with Gasteiger partial charge < -0.3 is 11.1 Å². The van der Waals surface area contributed by atoms with Gasteiger partial charge in [0, 0.05) is 6.04 Å². The van der Waals surface area contributed by atoms with E-state index in [-0.39, 0.29) is 11.9 Å². The second-order valence-electron chi connectivity index (χ2n) is 4.45. The fraction of sp³-hybridized carbons (Fsp3) is 0.909. The Bertz CT molecular complexity index is 180. The fourth-order valence-corrected chi connectivity index (χ4v) is 1.63. The maximum Gasteiger partial charge on any atom is 0.237 e. The third-order valence-corrected chi connectivity index (χ3v) is 2.43. The molecule has 0 radical (unpaired) electrons. The second kappa shape index (κ2) is 6.02. The molecule has 0 aromatic heterocycles. The summed E-state index contributed by atoms with van der Waals surface area (Å²) in [7, 11) is 0. The Morgan fingerprint density at radius 2 is 2.00 bits per heavy atom. The van der Waals surface area contributed by atoms with Gasteiger partial charge in [0.15, 0.2) is 0 Å². The highest BCUT2D eigenvalue weighted by Gasteiger charge is 2.30. The van der Waals surface area contributed by atoms with Gasteiger partial charge in [0.25, 0.3) is 0 Å². The number of carbonyl (C=O) groups is 1. The Morgan fingerprint density at radius 1 is 1.43 bits per heavy atom. The number of primary amides is 1. The van der Waals surface area contributed by atoms with Crippen LogP contribution in [0.4, 0.5) is 0 Å². The van der Waals surface area contributed by atoms with Crippen LogP contribution >= 0.6 is 0 Å². The molecule has 0 heterocycles. The van der Waals surface area contributed by atoms with Crippen molar-refractivity contribution >= 4 is 5.91 Å². The normalized spacial score (nSPS) is 15.5. The van der Waals surface area contributed by atoms with E-state index in [9.17, 15) is 4.79 Å². The molecule has 0 saturated heterocycles. The van der Waals surface area contributed by atoms with Crippen molar-refractivity contribution in [1.82, 2.24) is 5.32 Å². The molecule has 0 aliphatic carbocycles. The lowest BCUT2D eigenvalue weighted by Gasteiger charge is -2.29. The van der Waals surface area contributed by atoms with Crippen LogP contribution < -0.4 is 11.1 Å². The molecule has 0 fully saturated rings. The molecular weight excluding hydrogens is 176 g/mol. The monoisotopic (exact) mass is 200 g/mol. The van der Waals surface area contributed by atoms with E-state index in [2.05, 4.69) is 12.2 Å². The Morgan fingerprint density at radius 3 is 2.36 bits per heavy atom. The van der Waals surface area contributed by atoms with Crippen LogP contribution in [0.3, 0.4) is 0 Å². The summed E-state index contributed by atoms with van der Waals surface area (Å²) in [4.78, 5) is 11.3. The van der Waals surface area contributed by atoms with Crippen molar-refractivity contribution < 1.29 is 4.79 Å². The van der Waals surface area contributed by atoms with Crippen LogP contribution in [-0.4, -0.2) is 17.5 Å². The molecular formula is C11H24N2O. The van der Waals surface area contributed by atoms with Crippen molar-refractivity contribution in [3.8, 4) is 0 Å². The summed E-state index contributed by atoms with van der Waals surface area (Å²) in [5, 5.41) is 3.24. The number of unbranched alkanes of at least 4 members (excludes halogenated alkanes) is 2. The van der Waals surface area contributed by atoms with E-state index in [0.717, 1.165) is 25.7 Å². The van der Waals surface area contributed by atoms with E-state index >= 15 is 0 Å². The Labute approximate surface area is 87.4 Å². The number of nitrogens with two attached hydrogens (primary N) is 1. The van der Waals surface area contributed by atoms with Gasteiger partial charge in [-0.3, -0.25) is 4.79 Å². The quantitative estimate of drug-likeness (QED) is 0.616. The summed E-state index contributed by atoms with van der Waals surface area (Å²) in [6, 6.07) is 0.286. The first-order chi connectivity index (χ1) is 6.42. The summed E-state index contributed by atoms with van der Waals surface area (Å²) in [5.41, 5.74) is 4.86. The van der Waals surface area contributed by atoms with Gasteiger partial charge in [-0.2, -0.15) is 0 Å². The van der Waals surface area contributed by atoms with Gasteiger partial charge in [-0.05, 0) is 27.2 Å². The maximum atomic E-state index is 11.3. The predicted molar refractivity (Wildman–Crippen MR) is 60.0 cm³/mol. The summed E-state index contributed by atoms with van der Waals surface area (Å²) in [6.07, 6.45) is 4.20. The van der Waals surface area contributed by atoms with Crippen LogP contribution in [-0.2, 0) is 4.79 Å². The van der Waals surface area contributed by atoms with E-state index in [4.69, 9.17) is 5.73 Å². The second-order valence-corrected chi connectivity index (χ2v) is 4.45. The average Bonchev–Trinajstić information content (AvgIpc) is 2.03. The van der Waals surface area contributed by atoms with Crippen molar-refractivity contribution in [3.05, 3.63) is 0 Å². The molecule has 0 aromatic carbocycles. The van der Waals surface area contributed by atoms with E-state index < -0.39 is 5.54 Å².